The molecule has 0 N–H and O–H groups in total. The first kappa shape index (κ1) is 8.81. The van der Waals surface area contributed by atoms with E-state index in [1.54, 1.807) is 6.20 Å². The van der Waals surface area contributed by atoms with Gasteiger partial charge in [-0.2, -0.15) is 5.11 Å². The summed E-state index contributed by atoms with van der Waals surface area (Å²) in [5, 5.41) is 7.08. The molecule has 3 heteroatoms. The van der Waals surface area contributed by atoms with Crippen LogP contribution in [0.25, 0.3) is 0 Å². The van der Waals surface area contributed by atoms with Gasteiger partial charge in [0, 0.05) is 6.20 Å². The number of benzene rings is 1. The molecule has 0 unspecified atom stereocenters. The largest absolute Gasteiger partial charge is 0.271 e. The molecule has 0 radical (unpaired) electrons. The summed E-state index contributed by atoms with van der Waals surface area (Å²) in [5.74, 6) is -0.154. The van der Waals surface area contributed by atoms with Gasteiger partial charge >= 0.3 is 0 Å². The van der Waals surface area contributed by atoms with Gasteiger partial charge in [-0.05, 0) is 17.6 Å². The number of nitrogens with zero attached hydrogens (tertiary/aromatic N) is 2. The van der Waals surface area contributed by atoms with Crippen LogP contribution in [0.3, 0.4) is 0 Å². The molecule has 14 heavy (non-hydrogen) atoms. The lowest BCUT2D eigenvalue weighted by Gasteiger charge is -2.06. The number of carbonyl (C=O) groups is 1. The summed E-state index contributed by atoms with van der Waals surface area (Å²) in [5.41, 5.74) is 2.22. The first-order valence-electron chi connectivity index (χ1n) is 4.50. The quantitative estimate of drug-likeness (QED) is 0.699. The predicted octanol–water partition coefficient (Wildman–Crippen LogP) is 2.50. The molecule has 1 amide bonds. The van der Waals surface area contributed by atoms with Gasteiger partial charge in [0.1, 0.15) is 0 Å². The first-order chi connectivity index (χ1) is 6.84. The Morgan fingerprint density at radius 2 is 2.00 bits per heavy atom. The monoisotopic (exact) mass is 186 g/mol. The topological polar surface area (TPSA) is 41.8 Å². The second-order valence-electron chi connectivity index (χ2n) is 3.24. The summed E-state index contributed by atoms with van der Waals surface area (Å²) in [7, 11) is 0. The molecule has 0 atom stereocenters. The molecular formula is C11H10N2O. The predicted molar refractivity (Wildman–Crippen MR) is 52.7 cm³/mol. The van der Waals surface area contributed by atoms with E-state index in [4.69, 9.17) is 0 Å². The molecule has 0 saturated carbocycles. The van der Waals surface area contributed by atoms with E-state index in [1.807, 2.05) is 30.3 Å². The van der Waals surface area contributed by atoms with Crippen molar-refractivity contribution in [1.29, 1.82) is 0 Å². The maximum absolute atomic E-state index is 11.0. The van der Waals surface area contributed by atoms with Crippen LogP contribution in [0, 0.1) is 0 Å². The number of hydrogen-bond donors (Lipinski definition) is 0. The fourth-order valence-corrected chi connectivity index (χ4v) is 1.42. The summed E-state index contributed by atoms with van der Waals surface area (Å²) in [6.45, 7) is 0. The Morgan fingerprint density at radius 3 is 2.71 bits per heavy atom. The molecule has 0 aliphatic carbocycles. The molecule has 0 fully saturated rings. The molecule has 70 valence electrons. The fraction of sp³-hybridized carbons (Fsp3) is 0.182. The Bertz CT molecular complexity index is 393. The number of carbonyl (C=O) groups excluding carboxylic acids is 1. The Morgan fingerprint density at radius 1 is 1.21 bits per heavy atom. The minimum atomic E-state index is -0.154. The summed E-state index contributed by atoms with van der Waals surface area (Å²) in [6.07, 6.45) is 2.86. The average Bonchev–Trinajstić information content (AvgIpc) is 2.19. The SMILES string of the molecule is O=C1CC(Cc2ccccc2)=CN=N1. The van der Waals surface area contributed by atoms with Crippen LogP contribution in [0.1, 0.15) is 12.0 Å². The van der Waals surface area contributed by atoms with Crippen molar-refractivity contribution in [1.82, 2.24) is 0 Å². The molecule has 1 aromatic rings. The highest BCUT2D eigenvalue weighted by atomic mass is 16.1. The normalized spacial score (nSPS) is 15.4. The zero-order valence-corrected chi connectivity index (χ0v) is 7.68. The fourth-order valence-electron chi connectivity index (χ4n) is 1.42. The van der Waals surface area contributed by atoms with Crippen LogP contribution in [0.15, 0.2) is 52.3 Å². The minimum Gasteiger partial charge on any atom is -0.271 e. The maximum Gasteiger partial charge on any atom is 0.268 e. The highest BCUT2D eigenvalue weighted by Gasteiger charge is 2.09. The molecule has 1 heterocycles. The lowest BCUT2D eigenvalue weighted by atomic mass is 10.0. The van der Waals surface area contributed by atoms with Crippen LogP contribution in [0.2, 0.25) is 0 Å². The average molecular weight is 186 g/mol. The van der Waals surface area contributed by atoms with Crippen molar-refractivity contribution in [3.05, 3.63) is 47.7 Å². The van der Waals surface area contributed by atoms with Crippen LogP contribution in [0.5, 0.6) is 0 Å². The van der Waals surface area contributed by atoms with E-state index in [9.17, 15) is 4.79 Å². The molecular weight excluding hydrogens is 176 g/mol. The Labute approximate surface area is 82.2 Å². The van der Waals surface area contributed by atoms with Crippen molar-refractivity contribution in [2.75, 3.05) is 0 Å². The molecule has 1 aliphatic heterocycles. The summed E-state index contributed by atoms with van der Waals surface area (Å²) < 4.78 is 0. The van der Waals surface area contributed by atoms with Crippen molar-refractivity contribution in [2.24, 2.45) is 10.2 Å². The smallest absolute Gasteiger partial charge is 0.268 e. The van der Waals surface area contributed by atoms with Gasteiger partial charge in [-0.3, -0.25) is 4.79 Å². The zero-order chi connectivity index (χ0) is 9.80. The van der Waals surface area contributed by atoms with Crippen LogP contribution in [-0.2, 0) is 11.2 Å². The Kier molecular flexibility index (Phi) is 2.49. The molecule has 3 nitrogen and oxygen atoms in total. The maximum atomic E-state index is 11.0. The van der Waals surface area contributed by atoms with Crippen molar-refractivity contribution >= 4 is 5.91 Å². The highest BCUT2D eigenvalue weighted by molar-refractivity contribution is 5.79. The van der Waals surface area contributed by atoms with Crippen LogP contribution in [0.4, 0.5) is 0 Å². The molecule has 0 bridgehead atoms. The molecule has 1 aromatic carbocycles. The van der Waals surface area contributed by atoms with Gasteiger partial charge in [-0.25, -0.2) is 0 Å². The van der Waals surface area contributed by atoms with E-state index in [-0.39, 0.29) is 5.91 Å². The molecule has 0 spiro atoms. The lowest BCUT2D eigenvalue weighted by molar-refractivity contribution is -0.117. The minimum absolute atomic E-state index is 0.154. The summed E-state index contributed by atoms with van der Waals surface area (Å²) in [4.78, 5) is 11.0. The highest BCUT2D eigenvalue weighted by Crippen LogP contribution is 2.15. The van der Waals surface area contributed by atoms with Gasteiger partial charge < -0.3 is 0 Å². The van der Waals surface area contributed by atoms with Gasteiger partial charge in [0.05, 0.1) is 6.42 Å². The van der Waals surface area contributed by atoms with Gasteiger partial charge in [0.15, 0.2) is 0 Å². The van der Waals surface area contributed by atoms with E-state index >= 15 is 0 Å². The first-order valence-corrected chi connectivity index (χ1v) is 4.50. The van der Waals surface area contributed by atoms with Crippen LogP contribution in [-0.4, -0.2) is 5.91 Å². The van der Waals surface area contributed by atoms with Gasteiger partial charge in [0.25, 0.3) is 5.91 Å². The van der Waals surface area contributed by atoms with Crippen LogP contribution >= 0.6 is 0 Å². The van der Waals surface area contributed by atoms with Crippen molar-refractivity contribution in [2.45, 2.75) is 12.8 Å². The van der Waals surface area contributed by atoms with Crippen molar-refractivity contribution < 1.29 is 4.79 Å². The van der Waals surface area contributed by atoms with Crippen molar-refractivity contribution in [3.8, 4) is 0 Å². The third-order valence-electron chi connectivity index (χ3n) is 2.06. The number of amides is 1. The second-order valence-corrected chi connectivity index (χ2v) is 3.24. The van der Waals surface area contributed by atoms with E-state index in [0.717, 1.165) is 12.0 Å². The lowest BCUT2D eigenvalue weighted by Crippen LogP contribution is -2.01. The molecule has 0 saturated heterocycles. The van der Waals surface area contributed by atoms with Gasteiger partial charge in [-0.1, -0.05) is 30.3 Å². The van der Waals surface area contributed by atoms with Gasteiger partial charge in [-0.15, -0.1) is 5.11 Å². The summed E-state index contributed by atoms with van der Waals surface area (Å²) in [6, 6.07) is 10.0. The third kappa shape index (κ3) is 2.13. The summed E-state index contributed by atoms with van der Waals surface area (Å²) >= 11 is 0. The third-order valence-corrected chi connectivity index (χ3v) is 2.06. The van der Waals surface area contributed by atoms with E-state index in [1.165, 1.54) is 5.56 Å². The van der Waals surface area contributed by atoms with E-state index in [2.05, 4.69) is 10.2 Å². The van der Waals surface area contributed by atoms with E-state index in [0.29, 0.717) is 6.42 Å². The van der Waals surface area contributed by atoms with Crippen LogP contribution < -0.4 is 0 Å². The molecule has 0 aromatic heterocycles. The number of rotatable bonds is 2. The Hall–Kier alpha value is -1.77. The molecule has 1 aliphatic rings. The van der Waals surface area contributed by atoms with E-state index < -0.39 is 0 Å². The van der Waals surface area contributed by atoms with Crippen molar-refractivity contribution in [3.63, 3.8) is 0 Å². The Balaban J connectivity index is 2.09. The molecule has 2 rings (SSSR count). The zero-order valence-electron chi connectivity index (χ0n) is 7.68. The number of hydrogen-bond acceptors (Lipinski definition) is 2. The van der Waals surface area contributed by atoms with Gasteiger partial charge in [0.2, 0.25) is 0 Å². The second kappa shape index (κ2) is 3.96. The standard InChI is InChI=1S/C11H10N2O/c14-11-7-10(8-12-13-11)6-9-4-2-1-3-5-9/h1-5,8H,6-7H2. The number of azo groups is 1.